The Kier molecular flexibility index (Phi) is 4.33. The predicted molar refractivity (Wildman–Crippen MR) is 110 cm³/mol. The first-order valence-corrected chi connectivity index (χ1v) is 9.47. The van der Waals surface area contributed by atoms with E-state index in [1.807, 2.05) is 48.0 Å². The molecule has 1 fully saturated rings. The summed E-state index contributed by atoms with van der Waals surface area (Å²) >= 11 is 0. The molecule has 3 aromatic heterocycles. The number of ether oxygens (including phenoxy) is 1. The van der Waals surface area contributed by atoms with Crippen LogP contribution in [0.3, 0.4) is 0 Å². The van der Waals surface area contributed by atoms with Gasteiger partial charge in [-0.05, 0) is 30.3 Å². The Morgan fingerprint density at radius 1 is 1.10 bits per heavy atom. The van der Waals surface area contributed by atoms with Crippen molar-refractivity contribution in [1.82, 2.24) is 24.3 Å². The summed E-state index contributed by atoms with van der Waals surface area (Å²) in [6.45, 7) is 0.879. The zero-order valence-electron chi connectivity index (χ0n) is 15.9. The first-order chi connectivity index (χ1) is 14.2. The van der Waals surface area contributed by atoms with Crippen LogP contribution in [0.5, 0.6) is 0 Å². The standard InChI is InChI=1S/C21H20N6O2/c1-26-18-7-3-2-6-16(18)23-21(26)24-17-12-29-13-19(17)27-20(28)9-8-15(25-27)14-5-4-10-22-11-14/h2-11,17,19H,12-13H2,1H3,(H,23,24). The number of rotatable bonds is 4. The number of fused-ring (bicyclic) bond motifs is 1. The SMILES string of the molecule is Cn1c(NC2COCC2n2nc(-c3cccnc3)ccc2=O)nc2ccccc21. The lowest BCUT2D eigenvalue weighted by molar-refractivity contribution is 0.183. The van der Waals surface area contributed by atoms with Crippen LogP contribution in [-0.2, 0) is 11.8 Å². The van der Waals surface area contributed by atoms with E-state index in [-0.39, 0.29) is 17.6 Å². The van der Waals surface area contributed by atoms with Gasteiger partial charge >= 0.3 is 0 Å². The van der Waals surface area contributed by atoms with E-state index in [0.29, 0.717) is 18.9 Å². The second kappa shape index (κ2) is 7.14. The van der Waals surface area contributed by atoms with Gasteiger partial charge in [-0.15, -0.1) is 0 Å². The van der Waals surface area contributed by atoms with Crippen LogP contribution < -0.4 is 10.9 Å². The molecule has 0 bridgehead atoms. The average Bonchev–Trinajstić information content (AvgIpc) is 3.34. The van der Waals surface area contributed by atoms with Crippen molar-refractivity contribution in [2.75, 3.05) is 18.5 Å². The van der Waals surface area contributed by atoms with Crippen LogP contribution in [0.15, 0.2) is 65.7 Å². The molecule has 1 aliphatic heterocycles. The molecule has 8 nitrogen and oxygen atoms in total. The molecule has 1 aromatic carbocycles. The van der Waals surface area contributed by atoms with Crippen molar-refractivity contribution in [3.8, 4) is 11.3 Å². The van der Waals surface area contributed by atoms with Crippen LogP contribution in [-0.4, -0.2) is 43.6 Å². The maximum atomic E-state index is 12.6. The van der Waals surface area contributed by atoms with E-state index in [1.165, 1.54) is 4.68 Å². The number of hydrogen-bond acceptors (Lipinski definition) is 6. The quantitative estimate of drug-likeness (QED) is 0.577. The van der Waals surface area contributed by atoms with E-state index in [0.717, 1.165) is 22.5 Å². The summed E-state index contributed by atoms with van der Waals surface area (Å²) in [5.41, 5.74) is 3.36. The largest absolute Gasteiger partial charge is 0.377 e. The topological polar surface area (TPSA) is 86.9 Å². The van der Waals surface area contributed by atoms with Gasteiger partial charge in [-0.3, -0.25) is 9.78 Å². The van der Waals surface area contributed by atoms with Crippen molar-refractivity contribution in [1.29, 1.82) is 0 Å². The van der Waals surface area contributed by atoms with Crippen molar-refractivity contribution in [3.05, 3.63) is 71.3 Å². The number of aryl methyl sites for hydroxylation is 1. The molecule has 0 amide bonds. The van der Waals surface area contributed by atoms with Crippen LogP contribution >= 0.6 is 0 Å². The Bertz CT molecular complexity index is 1220. The zero-order chi connectivity index (χ0) is 19.8. The molecule has 8 heteroatoms. The Balaban J connectivity index is 1.48. The first kappa shape index (κ1) is 17.6. The summed E-state index contributed by atoms with van der Waals surface area (Å²) in [7, 11) is 1.97. The molecule has 1 saturated heterocycles. The molecule has 1 aliphatic rings. The first-order valence-electron chi connectivity index (χ1n) is 9.47. The molecule has 2 unspecified atom stereocenters. The van der Waals surface area contributed by atoms with Gasteiger partial charge < -0.3 is 14.6 Å². The van der Waals surface area contributed by atoms with E-state index in [2.05, 4.69) is 20.4 Å². The molecular weight excluding hydrogens is 368 g/mol. The van der Waals surface area contributed by atoms with E-state index in [1.54, 1.807) is 24.5 Å². The van der Waals surface area contributed by atoms with Crippen molar-refractivity contribution in [3.63, 3.8) is 0 Å². The van der Waals surface area contributed by atoms with Gasteiger partial charge in [0.1, 0.15) is 6.04 Å². The summed E-state index contributed by atoms with van der Waals surface area (Å²) in [6.07, 6.45) is 3.44. The minimum absolute atomic E-state index is 0.125. The van der Waals surface area contributed by atoms with Crippen LogP contribution in [0.2, 0.25) is 0 Å². The third-order valence-corrected chi connectivity index (χ3v) is 5.25. The summed E-state index contributed by atoms with van der Waals surface area (Å²) in [6, 6.07) is 14.6. The number of benzene rings is 1. The molecule has 2 atom stereocenters. The monoisotopic (exact) mass is 388 g/mol. The van der Waals surface area contributed by atoms with Crippen molar-refractivity contribution < 1.29 is 4.74 Å². The molecular formula is C21H20N6O2. The molecule has 4 heterocycles. The maximum absolute atomic E-state index is 12.6. The number of hydrogen-bond donors (Lipinski definition) is 1. The summed E-state index contributed by atoms with van der Waals surface area (Å²) in [4.78, 5) is 21.4. The van der Waals surface area contributed by atoms with Gasteiger partial charge in [0.25, 0.3) is 5.56 Å². The van der Waals surface area contributed by atoms with Gasteiger partial charge in [0.15, 0.2) is 0 Å². The Morgan fingerprint density at radius 2 is 2.00 bits per heavy atom. The van der Waals surface area contributed by atoms with Gasteiger partial charge in [0, 0.05) is 31.1 Å². The Hall–Kier alpha value is -3.52. The second-order valence-electron chi connectivity index (χ2n) is 7.08. The molecule has 146 valence electrons. The fraction of sp³-hybridized carbons (Fsp3) is 0.238. The highest BCUT2D eigenvalue weighted by molar-refractivity contribution is 5.78. The number of anilines is 1. The van der Waals surface area contributed by atoms with Gasteiger partial charge in [0.05, 0.1) is 36.0 Å². The summed E-state index contributed by atoms with van der Waals surface area (Å²) in [5.74, 6) is 0.739. The van der Waals surface area contributed by atoms with Crippen molar-refractivity contribution in [2.24, 2.45) is 7.05 Å². The normalized spacial score (nSPS) is 18.9. The van der Waals surface area contributed by atoms with Crippen LogP contribution in [0, 0.1) is 0 Å². The minimum atomic E-state index is -0.237. The number of para-hydroxylation sites is 2. The Morgan fingerprint density at radius 3 is 2.83 bits per heavy atom. The molecule has 4 aromatic rings. The number of pyridine rings is 1. The average molecular weight is 388 g/mol. The van der Waals surface area contributed by atoms with Gasteiger partial charge in [0.2, 0.25) is 5.95 Å². The van der Waals surface area contributed by atoms with E-state index < -0.39 is 0 Å². The van der Waals surface area contributed by atoms with E-state index >= 15 is 0 Å². The fourth-order valence-corrected chi connectivity index (χ4v) is 3.69. The third-order valence-electron chi connectivity index (χ3n) is 5.25. The Labute approximate surface area is 166 Å². The molecule has 1 N–H and O–H groups in total. The molecule has 0 saturated carbocycles. The van der Waals surface area contributed by atoms with Crippen molar-refractivity contribution >= 4 is 17.0 Å². The fourth-order valence-electron chi connectivity index (χ4n) is 3.69. The molecule has 0 spiro atoms. The third kappa shape index (κ3) is 3.17. The molecule has 0 aliphatic carbocycles. The number of nitrogens with one attached hydrogen (secondary N) is 1. The lowest BCUT2D eigenvalue weighted by Gasteiger charge is -2.21. The lowest BCUT2D eigenvalue weighted by atomic mass is 10.1. The number of aromatic nitrogens is 5. The highest BCUT2D eigenvalue weighted by Crippen LogP contribution is 2.24. The smallest absolute Gasteiger partial charge is 0.267 e. The zero-order valence-corrected chi connectivity index (χ0v) is 15.9. The number of imidazole rings is 1. The highest BCUT2D eigenvalue weighted by Gasteiger charge is 2.32. The summed E-state index contributed by atoms with van der Waals surface area (Å²) in [5, 5.41) is 8.05. The highest BCUT2D eigenvalue weighted by atomic mass is 16.5. The minimum Gasteiger partial charge on any atom is -0.377 e. The van der Waals surface area contributed by atoms with Crippen molar-refractivity contribution in [2.45, 2.75) is 12.1 Å². The predicted octanol–water partition coefficient (Wildman–Crippen LogP) is 2.24. The molecule has 5 rings (SSSR count). The second-order valence-corrected chi connectivity index (χ2v) is 7.08. The van der Waals surface area contributed by atoms with Gasteiger partial charge in [-0.25, -0.2) is 9.67 Å². The maximum Gasteiger partial charge on any atom is 0.267 e. The molecule has 29 heavy (non-hydrogen) atoms. The van der Waals surface area contributed by atoms with Gasteiger partial charge in [-0.1, -0.05) is 12.1 Å². The number of nitrogens with zero attached hydrogens (tertiary/aromatic N) is 5. The van der Waals surface area contributed by atoms with Gasteiger partial charge in [-0.2, -0.15) is 5.10 Å². The van der Waals surface area contributed by atoms with E-state index in [9.17, 15) is 4.79 Å². The summed E-state index contributed by atoms with van der Waals surface area (Å²) < 4.78 is 9.22. The van der Waals surface area contributed by atoms with Crippen LogP contribution in [0.25, 0.3) is 22.3 Å². The van der Waals surface area contributed by atoms with Crippen LogP contribution in [0.1, 0.15) is 6.04 Å². The molecule has 0 radical (unpaired) electrons. The van der Waals surface area contributed by atoms with E-state index in [4.69, 9.17) is 4.74 Å². The lowest BCUT2D eigenvalue weighted by Crippen LogP contribution is -2.37. The van der Waals surface area contributed by atoms with Crippen LogP contribution in [0.4, 0.5) is 5.95 Å².